The smallest absolute Gasteiger partial charge is 0.169 e. The third-order valence-electron chi connectivity index (χ3n) is 1.25. The van der Waals surface area contributed by atoms with Crippen LogP contribution in [-0.2, 0) is 9.47 Å². The summed E-state index contributed by atoms with van der Waals surface area (Å²) in [6.07, 6.45) is 0.911. The van der Waals surface area contributed by atoms with Crippen LogP contribution < -0.4 is 0 Å². The van der Waals surface area contributed by atoms with Gasteiger partial charge in [0, 0.05) is 13.7 Å². The Labute approximate surface area is 71.0 Å². The second-order valence-corrected chi connectivity index (χ2v) is 3.16. The molecule has 0 aromatic rings. The monoisotopic (exact) mass is 210 g/mol. The van der Waals surface area contributed by atoms with E-state index in [1.807, 2.05) is 6.92 Å². The van der Waals surface area contributed by atoms with E-state index in [1.54, 1.807) is 7.11 Å². The van der Waals surface area contributed by atoms with Crippen molar-refractivity contribution in [2.24, 2.45) is 0 Å². The molecular formula is C7H15BrO2. The maximum absolute atomic E-state index is 5.27. The van der Waals surface area contributed by atoms with E-state index >= 15 is 0 Å². The molecule has 0 radical (unpaired) electrons. The molecule has 62 valence electrons. The SMILES string of the molecule is CCOC(OC)[C@@H](Br)CC. The molecule has 0 bridgehead atoms. The Bertz CT molecular complexity index is 78.0. The summed E-state index contributed by atoms with van der Waals surface area (Å²) >= 11 is 3.45. The zero-order chi connectivity index (χ0) is 7.98. The molecule has 0 aliphatic heterocycles. The van der Waals surface area contributed by atoms with Crippen molar-refractivity contribution in [3.8, 4) is 0 Å². The van der Waals surface area contributed by atoms with E-state index in [-0.39, 0.29) is 6.29 Å². The van der Waals surface area contributed by atoms with Gasteiger partial charge in [0.05, 0.1) is 4.83 Å². The highest BCUT2D eigenvalue weighted by atomic mass is 79.9. The maximum atomic E-state index is 5.27. The van der Waals surface area contributed by atoms with Gasteiger partial charge in [-0.2, -0.15) is 0 Å². The van der Waals surface area contributed by atoms with Gasteiger partial charge in [-0.05, 0) is 13.3 Å². The molecule has 10 heavy (non-hydrogen) atoms. The van der Waals surface area contributed by atoms with Crippen molar-refractivity contribution in [2.45, 2.75) is 31.4 Å². The second-order valence-electron chi connectivity index (χ2n) is 1.98. The number of ether oxygens (including phenoxy) is 2. The molecule has 0 saturated heterocycles. The van der Waals surface area contributed by atoms with Gasteiger partial charge in [0.2, 0.25) is 0 Å². The molecule has 0 aliphatic carbocycles. The third-order valence-corrected chi connectivity index (χ3v) is 2.33. The zero-order valence-electron chi connectivity index (χ0n) is 6.76. The molecule has 2 atom stereocenters. The van der Waals surface area contributed by atoms with E-state index in [2.05, 4.69) is 22.9 Å². The first-order valence-electron chi connectivity index (χ1n) is 3.54. The molecule has 0 rings (SSSR count). The van der Waals surface area contributed by atoms with E-state index in [0.29, 0.717) is 11.4 Å². The molecule has 0 fully saturated rings. The van der Waals surface area contributed by atoms with Gasteiger partial charge >= 0.3 is 0 Å². The van der Waals surface area contributed by atoms with Gasteiger partial charge in [-0.3, -0.25) is 0 Å². The summed E-state index contributed by atoms with van der Waals surface area (Å²) in [5.41, 5.74) is 0. The molecule has 0 saturated carbocycles. The highest BCUT2D eigenvalue weighted by Crippen LogP contribution is 2.13. The first-order chi connectivity index (χ1) is 4.76. The van der Waals surface area contributed by atoms with Crippen LogP contribution in [0.2, 0.25) is 0 Å². The Kier molecular flexibility index (Phi) is 6.38. The van der Waals surface area contributed by atoms with Gasteiger partial charge in [-0.25, -0.2) is 0 Å². The molecule has 0 amide bonds. The molecule has 2 nitrogen and oxygen atoms in total. The van der Waals surface area contributed by atoms with Gasteiger partial charge < -0.3 is 9.47 Å². The van der Waals surface area contributed by atoms with Crippen LogP contribution >= 0.6 is 15.9 Å². The van der Waals surface area contributed by atoms with Crippen LogP contribution in [0.15, 0.2) is 0 Å². The molecule has 0 aliphatic rings. The quantitative estimate of drug-likeness (QED) is 0.512. The number of hydrogen-bond acceptors (Lipinski definition) is 2. The van der Waals surface area contributed by atoms with Crippen LogP contribution in [0.5, 0.6) is 0 Å². The van der Waals surface area contributed by atoms with Crippen molar-refractivity contribution < 1.29 is 9.47 Å². The minimum atomic E-state index is -0.102. The molecule has 1 unspecified atom stereocenters. The highest BCUT2D eigenvalue weighted by molar-refractivity contribution is 9.09. The molecular weight excluding hydrogens is 196 g/mol. The van der Waals surface area contributed by atoms with Gasteiger partial charge in [0.15, 0.2) is 6.29 Å². The zero-order valence-corrected chi connectivity index (χ0v) is 8.35. The minimum absolute atomic E-state index is 0.102. The third kappa shape index (κ3) is 3.54. The predicted octanol–water partition coefficient (Wildman–Crippen LogP) is 2.17. The Morgan fingerprint density at radius 3 is 2.30 bits per heavy atom. The normalized spacial score (nSPS) is 16.8. The van der Waals surface area contributed by atoms with Crippen molar-refractivity contribution in [1.82, 2.24) is 0 Å². The summed E-state index contributed by atoms with van der Waals surface area (Å²) in [6, 6.07) is 0. The number of hydrogen-bond donors (Lipinski definition) is 0. The summed E-state index contributed by atoms with van der Waals surface area (Å²) in [4.78, 5) is 0.303. The first kappa shape index (κ1) is 10.4. The maximum Gasteiger partial charge on any atom is 0.169 e. The Balaban J connectivity index is 3.56. The summed E-state index contributed by atoms with van der Waals surface area (Å²) in [5, 5.41) is 0. The van der Waals surface area contributed by atoms with E-state index in [0.717, 1.165) is 6.42 Å². The number of alkyl halides is 1. The van der Waals surface area contributed by atoms with E-state index < -0.39 is 0 Å². The first-order valence-corrected chi connectivity index (χ1v) is 4.46. The number of halogens is 1. The Morgan fingerprint density at radius 2 is 2.00 bits per heavy atom. The Morgan fingerprint density at radius 1 is 1.40 bits per heavy atom. The molecule has 0 heterocycles. The van der Waals surface area contributed by atoms with Crippen molar-refractivity contribution in [2.75, 3.05) is 13.7 Å². The van der Waals surface area contributed by atoms with Crippen LogP contribution in [0.25, 0.3) is 0 Å². The van der Waals surface area contributed by atoms with Crippen LogP contribution in [0.1, 0.15) is 20.3 Å². The fraction of sp³-hybridized carbons (Fsp3) is 1.00. The topological polar surface area (TPSA) is 18.5 Å². The summed E-state index contributed by atoms with van der Waals surface area (Å²) in [5.74, 6) is 0. The van der Waals surface area contributed by atoms with Gasteiger partial charge in [0.25, 0.3) is 0 Å². The van der Waals surface area contributed by atoms with Crippen molar-refractivity contribution in [1.29, 1.82) is 0 Å². The number of rotatable bonds is 5. The summed E-state index contributed by atoms with van der Waals surface area (Å²) in [6.45, 7) is 4.74. The molecule has 0 aromatic heterocycles. The average molecular weight is 211 g/mol. The molecule has 0 N–H and O–H groups in total. The van der Waals surface area contributed by atoms with Crippen molar-refractivity contribution in [3.05, 3.63) is 0 Å². The largest absolute Gasteiger partial charge is 0.355 e. The van der Waals surface area contributed by atoms with Gasteiger partial charge in [-0.15, -0.1) is 0 Å². The van der Waals surface area contributed by atoms with Crippen LogP contribution in [0.3, 0.4) is 0 Å². The summed E-state index contributed by atoms with van der Waals surface area (Å²) in [7, 11) is 1.66. The lowest BCUT2D eigenvalue weighted by atomic mass is 10.3. The lowest BCUT2D eigenvalue weighted by Crippen LogP contribution is -2.25. The van der Waals surface area contributed by atoms with Crippen LogP contribution in [0, 0.1) is 0 Å². The molecule has 3 heteroatoms. The van der Waals surface area contributed by atoms with Crippen LogP contribution in [0.4, 0.5) is 0 Å². The average Bonchev–Trinajstić information content (AvgIpc) is 1.99. The molecule has 0 spiro atoms. The fourth-order valence-corrected chi connectivity index (χ4v) is 1.05. The lowest BCUT2D eigenvalue weighted by Gasteiger charge is -2.19. The standard InChI is InChI=1S/C7H15BrO2/c1-4-6(8)7(9-3)10-5-2/h6-7H,4-5H2,1-3H3/t6-,7?/m0/s1. The van der Waals surface area contributed by atoms with E-state index in [1.165, 1.54) is 0 Å². The fourth-order valence-electron chi connectivity index (χ4n) is 0.677. The van der Waals surface area contributed by atoms with Crippen LogP contribution in [-0.4, -0.2) is 24.8 Å². The minimum Gasteiger partial charge on any atom is -0.355 e. The lowest BCUT2D eigenvalue weighted by molar-refractivity contribution is -0.118. The number of methoxy groups -OCH3 is 1. The van der Waals surface area contributed by atoms with Crippen molar-refractivity contribution >= 4 is 15.9 Å². The highest BCUT2D eigenvalue weighted by Gasteiger charge is 2.15. The summed E-state index contributed by atoms with van der Waals surface area (Å²) < 4.78 is 10.3. The van der Waals surface area contributed by atoms with Gasteiger partial charge in [-0.1, -0.05) is 22.9 Å². The molecule has 0 aromatic carbocycles. The Hall–Kier alpha value is 0.400. The van der Waals surface area contributed by atoms with E-state index in [9.17, 15) is 0 Å². The van der Waals surface area contributed by atoms with E-state index in [4.69, 9.17) is 9.47 Å². The van der Waals surface area contributed by atoms with Crippen molar-refractivity contribution in [3.63, 3.8) is 0 Å². The van der Waals surface area contributed by atoms with Gasteiger partial charge in [0.1, 0.15) is 0 Å². The predicted molar refractivity (Wildman–Crippen MR) is 45.4 cm³/mol. The second kappa shape index (κ2) is 6.13.